The van der Waals surface area contributed by atoms with Gasteiger partial charge in [-0.25, -0.2) is 9.59 Å². The van der Waals surface area contributed by atoms with Crippen LogP contribution in [0.4, 0.5) is 5.69 Å². The molecular weight excluding hydrogens is 410 g/mol. The van der Waals surface area contributed by atoms with Gasteiger partial charge in [-0.15, -0.1) is 22.7 Å². The van der Waals surface area contributed by atoms with Gasteiger partial charge in [0.1, 0.15) is 0 Å². The van der Waals surface area contributed by atoms with E-state index in [0.717, 1.165) is 9.75 Å². The van der Waals surface area contributed by atoms with E-state index in [4.69, 9.17) is 4.74 Å². The standard InChI is InChI=1S/C21H17NO5S2/c1-26-20(24)14-6-8-15(9-7-14)22-19(23)13-27-21(25)17(18-5-3-11-29-18)12-16-4-2-10-28-16/h2-12H,13H2,1H3,(H,22,23). The fourth-order valence-corrected chi connectivity index (χ4v) is 3.78. The number of rotatable bonds is 7. The number of anilines is 1. The Morgan fingerprint density at radius 3 is 2.34 bits per heavy atom. The minimum Gasteiger partial charge on any atom is -0.465 e. The first-order valence-electron chi connectivity index (χ1n) is 8.51. The lowest BCUT2D eigenvalue weighted by molar-refractivity contribution is -0.141. The van der Waals surface area contributed by atoms with Crippen LogP contribution in [0, 0.1) is 0 Å². The van der Waals surface area contributed by atoms with E-state index in [0.29, 0.717) is 16.8 Å². The number of esters is 2. The summed E-state index contributed by atoms with van der Waals surface area (Å²) in [6.45, 7) is -0.426. The van der Waals surface area contributed by atoms with Gasteiger partial charge in [0, 0.05) is 15.4 Å². The maximum absolute atomic E-state index is 12.6. The van der Waals surface area contributed by atoms with Crippen LogP contribution in [0.3, 0.4) is 0 Å². The smallest absolute Gasteiger partial charge is 0.340 e. The first-order chi connectivity index (χ1) is 14.1. The molecule has 0 fully saturated rings. The number of ether oxygens (including phenoxy) is 2. The molecule has 6 nitrogen and oxygen atoms in total. The van der Waals surface area contributed by atoms with E-state index in [1.54, 1.807) is 18.2 Å². The molecule has 3 aromatic rings. The molecule has 1 amide bonds. The van der Waals surface area contributed by atoms with E-state index in [9.17, 15) is 14.4 Å². The van der Waals surface area contributed by atoms with Crippen molar-refractivity contribution in [2.45, 2.75) is 0 Å². The molecule has 0 saturated heterocycles. The summed E-state index contributed by atoms with van der Waals surface area (Å²) in [5, 5.41) is 6.41. The summed E-state index contributed by atoms with van der Waals surface area (Å²) >= 11 is 2.93. The van der Waals surface area contributed by atoms with Gasteiger partial charge < -0.3 is 14.8 Å². The van der Waals surface area contributed by atoms with Crippen LogP contribution in [0.15, 0.2) is 59.3 Å². The third-order valence-electron chi connectivity index (χ3n) is 3.76. The molecule has 2 aromatic heterocycles. The van der Waals surface area contributed by atoms with Gasteiger partial charge in [-0.1, -0.05) is 12.1 Å². The Morgan fingerprint density at radius 2 is 1.72 bits per heavy atom. The average molecular weight is 428 g/mol. The molecule has 0 bridgehead atoms. The summed E-state index contributed by atoms with van der Waals surface area (Å²) < 4.78 is 9.83. The van der Waals surface area contributed by atoms with E-state index in [1.165, 1.54) is 41.9 Å². The monoisotopic (exact) mass is 427 g/mol. The molecule has 0 radical (unpaired) electrons. The van der Waals surface area contributed by atoms with Crippen molar-refractivity contribution in [2.24, 2.45) is 0 Å². The Bertz CT molecular complexity index is 1010. The van der Waals surface area contributed by atoms with E-state index in [2.05, 4.69) is 10.1 Å². The molecule has 2 heterocycles. The van der Waals surface area contributed by atoms with E-state index in [-0.39, 0.29) is 0 Å². The van der Waals surface area contributed by atoms with Crippen molar-refractivity contribution in [1.82, 2.24) is 0 Å². The zero-order valence-corrected chi connectivity index (χ0v) is 17.0. The summed E-state index contributed by atoms with van der Waals surface area (Å²) in [5.74, 6) is -1.52. The number of benzene rings is 1. The molecule has 0 spiro atoms. The second-order valence-electron chi connectivity index (χ2n) is 5.74. The normalized spacial score (nSPS) is 11.0. The molecule has 3 rings (SSSR count). The number of hydrogen-bond donors (Lipinski definition) is 1. The lowest BCUT2D eigenvalue weighted by Crippen LogP contribution is -2.21. The van der Waals surface area contributed by atoms with Crippen LogP contribution in [0.2, 0.25) is 0 Å². The molecule has 0 saturated carbocycles. The molecule has 0 unspecified atom stereocenters. The number of carbonyl (C=O) groups excluding carboxylic acids is 3. The van der Waals surface area contributed by atoms with Crippen LogP contribution in [0.5, 0.6) is 0 Å². The van der Waals surface area contributed by atoms with Crippen LogP contribution in [-0.2, 0) is 19.1 Å². The Balaban J connectivity index is 1.61. The molecule has 1 aromatic carbocycles. The first kappa shape index (κ1) is 20.5. The topological polar surface area (TPSA) is 81.7 Å². The quantitative estimate of drug-likeness (QED) is 0.449. The molecule has 0 aliphatic carbocycles. The zero-order valence-electron chi connectivity index (χ0n) is 15.4. The Morgan fingerprint density at radius 1 is 1.00 bits per heavy atom. The molecule has 148 valence electrons. The highest BCUT2D eigenvalue weighted by atomic mass is 32.1. The largest absolute Gasteiger partial charge is 0.465 e. The van der Waals surface area contributed by atoms with Crippen LogP contribution in [0.25, 0.3) is 11.6 Å². The lowest BCUT2D eigenvalue weighted by Gasteiger charge is -2.08. The van der Waals surface area contributed by atoms with Crippen LogP contribution < -0.4 is 5.32 Å². The minimum absolute atomic E-state index is 0.372. The minimum atomic E-state index is -0.572. The summed E-state index contributed by atoms with van der Waals surface area (Å²) in [6.07, 6.45) is 1.75. The summed E-state index contributed by atoms with van der Waals surface area (Å²) in [6, 6.07) is 13.7. The van der Waals surface area contributed by atoms with Gasteiger partial charge in [0.2, 0.25) is 0 Å². The van der Waals surface area contributed by atoms with Crippen LogP contribution in [0.1, 0.15) is 20.1 Å². The number of amides is 1. The van der Waals surface area contributed by atoms with Gasteiger partial charge in [-0.3, -0.25) is 4.79 Å². The third-order valence-corrected chi connectivity index (χ3v) is 5.48. The molecular formula is C21H17NO5S2. The maximum Gasteiger partial charge on any atom is 0.340 e. The highest BCUT2D eigenvalue weighted by molar-refractivity contribution is 7.12. The predicted molar refractivity (Wildman–Crippen MR) is 114 cm³/mol. The molecule has 0 aliphatic heterocycles. The fraction of sp³-hybridized carbons (Fsp3) is 0.0952. The van der Waals surface area contributed by atoms with Crippen molar-refractivity contribution in [3.05, 3.63) is 74.6 Å². The van der Waals surface area contributed by atoms with Gasteiger partial charge in [-0.2, -0.15) is 0 Å². The highest BCUT2D eigenvalue weighted by Crippen LogP contribution is 2.25. The van der Waals surface area contributed by atoms with Gasteiger partial charge >= 0.3 is 11.9 Å². The van der Waals surface area contributed by atoms with E-state index < -0.39 is 24.5 Å². The van der Waals surface area contributed by atoms with Crippen molar-refractivity contribution in [3.8, 4) is 0 Å². The summed E-state index contributed by atoms with van der Waals surface area (Å²) in [7, 11) is 1.30. The van der Waals surface area contributed by atoms with Crippen molar-refractivity contribution in [2.75, 3.05) is 19.0 Å². The lowest BCUT2D eigenvalue weighted by atomic mass is 10.2. The first-order valence-corrected chi connectivity index (χ1v) is 10.3. The average Bonchev–Trinajstić information content (AvgIpc) is 3.44. The van der Waals surface area contributed by atoms with Crippen LogP contribution in [-0.4, -0.2) is 31.6 Å². The Hall–Kier alpha value is -3.23. The van der Waals surface area contributed by atoms with Crippen molar-refractivity contribution >= 4 is 57.9 Å². The summed E-state index contributed by atoms with van der Waals surface area (Å²) in [5.41, 5.74) is 1.25. The second-order valence-corrected chi connectivity index (χ2v) is 7.67. The number of methoxy groups -OCH3 is 1. The van der Waals surface area contributed by atoms with E-state index >= 15 is 0 Å². The number of hydrogen-bond acceptors (Lipinski definition) is 7. The maximum atomic E-state index is 12.6. The van der Waals surface area contributed by atoms with Gasteiger partial charge in [-0.05, 0) is 53.2 Å². The molecule has 29 heavy (non-hydrogen) atoms. The van der Waals surface area contributed by atoms with Gasteiger partial charge in [0.15, 0.2) is 6.61 Å². The molecule has 8 heteroatoms. The van der Waals surface area contributed by atoms with Crippen molar-refractivity contribution < 1.29 is 23.9 Å². The highest BCUT2D eigenvalue weighted by Gasteiger charge is 2.17. The summed E-state index contributed by atoms with van der Waals surface area (Å²) in [4.78, 5) is 37.8. The number of carbonyl (C=O) groups is 3. The Labute approximate surface area is 175 Å². The van der Waals surface area contributed by atoms with Crippen molar-refractivity contribution in [3.63, 3.8) is 0 Å². The number of nitrogens with one attached hydrogen (secondary N) is 1. The third kappa shape index (κ3) is 5.63. The molecule has 0 atom stereocenters. The SMILES string of the molecule is COC(=O)c1ccc(NC(=O)COC(=O)C(=Cc2cccs2)c2cccs2)cc1. The second kappa shape index (κ2) is 9.81. The Kier molecular flexibility index (Phi) is 6.94. The van der Waals surface area contributed by atoms with Gasteiger partial charge in [0.05, 0.1) is 18.2 Å². The molecule has 0 aliphatic rings. The zero-order chi connectivity index (χ0) is 20.6. The molecule has 1 N–H and O–H groups in total. The fourth-order valence-electron chi connectivity index (χ4n) is 2.39. The van der Waals surface area contributed by atoms with Crippen LogP contribution >= 0.6 is 22.7 Å². The predicted octanol–water partition coefficient (Wildman–Crippen LogP) is 4.32. The van der Waals surface area contributed by atoms with E-state index in [1.807, 2.05) is 35.0 Å². The van der Waals surface area contributed by atoms with Crippen molar-refractivity contribution in [1.29, 1.82) is 0 Å². The number of thiophene rings is 2. The van der Waals surface area contributed by atoms with Gasteiger partial charge in [0.25, 0.3) is 5.91 Å².